The van der Waals surface area contributed by atoms with Gasteiger partial charge in [0.2, 0.25) is 0 Å². The molecule has 2 heterocycles. The van der Waals surface area contributed by atoms with Crippen molar-refractivity contribution in [1.82, 2.24) is 15.6 Å². The molecule has 1 unspecified atom stereocenters. The van der Waals surface area contributed by atoms with Crippen molar-refractivity contribution in [2.45, 2.75) is 32.9 Å². The molecule has 26 heavy (non-hydrogen) atoms. The van der Waals surface area contributed by atoms with Crippen LogP contribution < -0.4 is 15.5 Å². The van der Waals surface area contributed by atoms with Gasteiger partial charge in [-0.1, -0.05) is 35.4 Å². The minimum absolute atomic E-state index is 0.387. The third kappa shape index (κ3) is 5.11. The zero-order valence-corrected chi connectivity index (χ0v) is 16.1. The molecule has 1 fully saturated rings. The Morgan fingerprint density at radius 2 is 2.08 bits per heavy atom. The molecule has 1 aromatic heterocycles. The molecule has 1 atom stereocenters. The molecule has 2 aromatic rings. The number of pyridine rings is 1. The average Bonchev–Trinajstić information content (AvgIpc) is 3.10. The molecular formula is C20H26ClN5. The van der Waals surface area contributed by atoms with Crippen LogP contribution in [0.25, 0.3) is 0 Å². The fourth-order valence-electron chi connectivity index (χ4n) is 3.05. The summed E-state index contributed by atoms with van der Waals surface area (Å²) in [5.74, 6) is 0.846. The van der Waals surface area contributed by atoms with Crippen LogP contribution in [0, 0.1) is 6.92 Å². The second-order valence-corrected chi connectivity index (χ2v) is 6.98. The minimum atomic E-state index is 0.387. The molecule has 0 radical (unpaired) electrons. The number of aryl methyl sites for hydroxylation is 1. The molecule has 0 spiro atoms. The van der Waals surface area contributed by atoms with E-state index in [-0.39, 0.29) is 0 Å². The summed E-state index contributed by atoms with van der Waals surface area (Å²) in [5, 5.41) is 7.39. The lowest BCUT2D eigenvalue weighted by atomic mass is 10.2. The van der Waals surface area contributed by atoms with E-state index >= 15 is 0 Å². The van der Waals surface area contributed by atoms with E-state index in [2.05, 4.69) is 63.6 Å². The molecule has 0 amide bonds. The zero-order chi connectivity index (χ0) is 18.4. The van der Waals surface area contributed by atoms with Crippen molar-refractivity contribution in [2.75, 3.05) is 24.5 Å². The highest BCUT2D eigenvalue weighted by atomic mass is 35.5. The Kier molecular flexibility index (Phi) is 6.34. The molecule has 6 heteroatoms. The summed E-state index contributed by atoms with van der Waals surface area (Å²) >= 11 is 5.83. The second kappa shape index (κ2) is 8.90. The molecule has 5 nitrogen and oxygen atoms in total. The molecule has 0 aliphatic carbocycles. The van der Waals surface area contributed by atoms with Gasteiger partial charge >= 0.3 is 0 Å². The molecule has 3 rings (SSSR count). The number of guanidine groups is 1. The maximum Gasteiger partial charge on any atom is 0.191 e. The Morgan fingerprint density at radius 3 is 2.77 bits per heavy atom. The van der Waals surface area contributed by atoms with E-state index in [0.29, 0.717) is 17.7 Å². The molecule has 138 valence electrons. The van der Waals surface area contributed by atoms with Gasteiger partial charge in [0.1, 0.15) is 5.15 Å². The normalized spacial score (nSPS) is 17.4. The largest absolute Gasteiger partial charge is 0.369 e. The maximum atomic E-state index is 5.83. The van der Waals surface area contributed by atoms with Crippen molar-refractivity contribution >= 4 is 23.2 Å². The summed E-state index contributed by atoms with van der Waals surface area (Å²) in [5.41, 5.74) is 3.62. The first-order chi connectivity index (χ1) is 12.6. The zero-order valence-electron chi connectivity index (χ0n) is 15.4. The Balaban J connectivity index is 1.58. The van der Waals surface area contributed by atoms with Crippen LogP contribution in [0.2, 0.25) is 5.15 Å². The number of aliphatic imine (C=N–C) groups is 1. The second-order valence-electron chi connectivity index (χ2n) is 6.60. The summed E-state index contributed by atoms with van der Waals surface area (Å²) in [6, 6.07) is 12.9. The number of nitrogens with zero attached hydrogens (tertiary/aromatic N) is 3. The predicted molar refractivity (Wildman–Crippen MR) is 109 cm³/mol. The van der Waals surface area contributed by atoms with Crippen LogP contribution in [0.1, 0.15) is 24.5 Å². The molecular weight excluding hydrogens is 346 g/mol. The Hall–Kier alpha value is -2.27. The van der Waals surface area contributed by atoms with Crippen molar-refractivity contribution in [2.24, 2.45) is 4.99 Å². The van der Waals surface area contributed by atoms with Crippen LogP contribution in [0.3, 0.4) is 0 Å². The molecule has 0 saturated carbocycles. The van der Waals surface area contributed by atoms with E-state index in [1.807, 2.05) is 6.07 Å². The van der Waals surface area contributed by atoms with Gasteiger partial charge < -0.3 is 15.5 Å². The highest BCUT2D eigenvalue weighted by Crippen LogP contribution is 2.20. The van der Waals surface area contributed by atoms with Crippen LogP contribution in [0.4, 0.5) is 5.69 Å². The fraction of sp³-hybridized carbons (Fsp3) is 0.400. The Morgan fingerprint density at radius 1 is 1.27 bits per heavy atom. The molecule has 1 aliphatic heterocycles. The van der Waals surface area contributed by atoms with Crippen molar-refractivity contribution in [3.8, 4) is 0 Å². The lowest BCUT2D eigenvalue weighted by molar-refractivity contribution is 0.649. The molecule has 2 N–H and O–H groups in total. The van der Waals surface area contributed by atoms with Crippen LogP contribution in [-0.4, -0.2) is 36.6 Å². The Bertz CT molecular complexity index is 727. The van der Waals surface area contributed by atoms with Gasteiger partial charge in [-0.2, -0.15) is 0 Å². The van der Waals surface area contributed by atoms with Crippen molar-refractivity contribution in [3.05, 3.63) is 58.9 Å². The minimum Gasteiger partial charge on any atom is -0.369 e. The predicted octanol–water partition coefficient (Wildman–Crippen LogP) is 3.38. The summed E-state index contributed by atoms with van der Waals surface area (Å²) in [7, 11) is 0. The van der Waals surface area contributed by atoms with Gasteiger partial charge in [-0.25, -0.2) is 9.98 Å². The number of anilines is 1. The number of rotatable bonds is 5. The van der Waals surface area contributed by atoms with Crippen LogP contribution >= 0.6 is 11.6 Å². The van der Waals surface area contributed by atoms with Gasteiger partial charge in [0.15, 0.2) is 5.96 Å². The highest BCUT2D eigenvalue weighted by molar-refractivity contribution is 6.29. The van der Waals surface area contributed by atoms with E-state index in [0.717, 1.165) is 37.6 Å². The first-order valence-corrected chi connectivity index (χ1v) is 9.48. The van der Waals surface area contributed by atoms with Crippen LogP contribution in [-0.2, 0) is 6.54 Å². The van der Waals surface area contributed by atoms with Gasteiger partial charge in [-0.05, 0) is 44.0 Å². The average molecular weight is 372 g/mol. The topological polar surface area (TPSA) is 52.6 Å². The smallest absolute Gasteiger partial charge is 0.191 e. The van der Waals surface area contributed by atoms with Crippen molar-refractivity contribution in [3.63, 3.8) is 0 Å². The van der Waals surface area contributed by atoms with E-state index in [1.165, 1.54) is 11.3 Å². The van der Waals surface area contributed by atoms with E-state index in [4.69, 9.17) is 11.6 Å². The first-order valence-electron chi connectivity index (χ1n) is 9.11. The molecule has 1 saturated heterocycles. The summed E-state index contributed by atoms with van der Waals surface area (Å²) in [6.07, 6.45) is 2.87. The van der Waals surface area contributed by atoms with Gasteiger partial charge in [-0.3, -0.25) is 0 Å². The van der Waals surface area contributed by atoms with Gasteiger partial charge in [0, 0.05) is 37.6 Å². The first kappa shape index (κ1) is 18.5. The summed E-state index contributed by atoms with van der Waals surface area (Å²) < 4.78 is 0. The summed E-state index contributed by atoms with van der Waals surface area (Å²) in [4.78, 5) is 11.2. The van der Waals surface area contributed by atoms with Gasteiger partial charge in [0.25, 0.3) is 0 Å². The van der Waals surface area contributed by atoms with E-state index in [1.54, 1.807) is 12.3 Å². The van der Waals surface area contributed by atoms with Crippen molar-refractivity contribution in [1.29, 1.82) is 0 Å². The molecule has 1 aliphatic rings. The lowest BCUT2D eigenvalue weighted by Gasteiger charge is -2.20. The fourth-order valence-corrected chi connectivity index (χ4v) is 3.16. The maximum absolute atomic E-state index is 5.83. The molecule has 1 aromatic carbocycles. The molecule has 0 bridgehead atoms. The van der Waals surface area contributed by atoms with E-state index < -0.39 is 0 Å². The van der Waals surface area contributed by atoms with Crippen LogP contribution in [0.5, 0.6) is 0 Å². The van der Waals surface area contributed by atoms with Gasteiger partial charge in [0.05, 0.1) is 6.54 Å². The number of nitrogens with one attached hydrogen (secondary N) is 2. The third-order valence-electron chi connectivity index (χ3n) is 4.48. The highest BCUT2D eigenvalue weighted by Gasteiger charge is 2.23. The SMILES string of the molecule is CCNC(=NCc1ccc(Cl)nc1)NC1CCN(c2ccc(C)cc2)C1. The number of hydrogen-bond donors (Lipinski definition) is 2. The monoisotopic (exact) mass is 371 g/mol. The Labute approximate surface area is 160 Å². The number of halogens is 1. The van der Waals surface area contributed by atoms with Crippen LogP contribution in [0.15, 0.2) is 47.6 Å². The third-order valence-corrected chi connectivity index (χ3v) is 4.70. The quantitative estimate of drug-likeness (QED) is 0.480. The summed E-state index contributed by atoms with van der Waals surface area (Å²) in [6.45, 7) is 7.64. The standard InChI is InChI=1S/C20H26ClN5/c1-3-22-20(24-13-16-6-9-19(21)23-12-16)25-17-10-11-26(14-17)18-7-4-15(2)5-8-18/h4-9,12,17H,3,10-11,13-14H2,1-2H3,(H2,22,24,25). The number of hydrogen-bond acceptors (Lipinski definition) is 3. The lowest BCUT2D eigenvalue weighted by Crippen LogP contribution is -2.44. The van der Waals surface area contributed by atoms with E-state index in [9.17, 15) is 0 Å². The number of aromatic nitrogens is 1. The van der Waals surface area contributed by atoms with Gasteiger partial charge in [-0.15, -0.1) is 0 Å². The number of benzene rings is 1. The van der Waals surface area contributed by atoms with Crippen molar-refractivity contribution < 1.29 is 0 Å².